The Morgan fingerprint density at radius 3 is 2.88 bits per heavy atom. The SMILES string of the molecule is CCOc1cc2c(cc1/C=N\NC(=O)c1ccc(O)cc1)O[C@H](C)C2. The second kappa shape index (κ2) is 7.25. The van der Waals surface area contributed by atoms with Crippen molar-refractivity contribution < 1.29 is 19.4 Å². The van der Waals surface area contributed by atoms with Crippen molar-refractivity contribution in [2.45, 2.75) is 26.4 Å². The van der Waals surface area contributed by atoms with Crippen molar-refractivity contribution in [1.29, 1.82) is 0 Å². The van der Waals surface area contributed by atoms with Gasteiger partial charge in [0.15, 0.2) is 0 Å². The number of fused-ring (bicyclic) bond motifs is 1. The maximum absolute atomic E-state index is 12.0. The van der Waals surface area contributed by atoms with Crippen LogP contribution < -0.4 is 14.9 Å². The molecule has 130 valence electrons. The number of nitrogens with one attached hydrogen (secondary N) is 1. The lowest BCUT2D eigenvalue weighted by molar-refractivity contribution is 0.0955. The van der Waals surface area contributed by atoms with Crippen LogP contribution in [0.2, 0.25) is 0 Å². The highest BCUT2D eigenvalue weighted by Gasteiger charge is 2.21. The molecule has 3 rings (SSSR count). The van der Waals surface area contributed by atoms with E-state index in [9.17, 15) is 9.90 Å². The van der Waals surface area contributed by atoms with Crippen molar-refractivity contribution in [2.75, 3.05) is 6.61 Å². The van der Waals surface area contributed by atoms with Crippen LogP contribution in [0.1, 0.15) is 35.3 Å². The van der Waals surface area contributed by atoms with E-state index in [1.165, 1.54) is 30.5 Å². The monoisotopic (exact) mass is 340 g/mol. The predicted octanol–water partition coefficient (Wildman–Crippen LogP) is 2.88. The molecule has 6 nitrogen and oxygen atoms in total. The maximum atomic E-state index is 12.0. The molecule has 1 aliphatic heterocycles. The van der Waals surface area contributed by atoms with Crippen LogP contribution in [0.4, 0.5) is 0 Å². The fourth-order valence-corrected chi connectivity index (χ4v) is 2.67. The number of hydrogen-bond acceptors (Lipinski definition) is 5. The zero-order valence-electron chi connectivity index (χ0n) is 14.2. The summed E-state index contributed by atoms with van der Waals surface area (Å²) in [7, 11) is 0. The molecule has 0 unspecified atom stereocenters. The number of benzene rings is 2. The van der Waals surface area contributed by atoms with E-state index < -0.39 is 0 Å². The molecule has 0 radical (unpaired) electrons. The minimum atomic E-state index is -0.361. The van der Waals surface area contributed by atoms with Gasteiger partial charge in [-0.25, -0.2) is 5.43 Å². The fourth-order valence-electron chi connectivity index (χ4n) is 2.67. The van der Waals surface area contributed by atoms with E-state index in [2.05, 4.69) is 10.5 Å². The molecular formula is C19H20N2O4. The van der Waals surface area contributed by atoms with Gasteiger partial charge in [0.25, 0.3) is 5.91 Å². The first kappa shape index (κ1) is 16.8. The van der Waals surface area contributed by atoms with Gasteiger partial charge in [-0.15, -0.1) is 0 Å². The van der Waals surface area contributed by atoms with Crippen LogP contribution in [0.25, 0.3) is 0 Å². The smallest absolute Gasteiger partial charge is 0.271 e. The summed E-state index contributed by atoms with van der Waals surface area (Å²) in [6, 6.07) is 9.79. The third-order valence-electron chi connectivity index (χ3n) is 3.83. The van der Waals surface area contributed by atoms with Gasteiger partial charge in [0.05, 0.1) is 12.8 Å². The summed E-state index contributed by atoms with van der Waals surface area (Å²) in [5, 5.41) is 13.3. The first-order valence-electron chi connectivity index (χ1n) is 8.15. The van der Waals surface area contributed by atoms with Crippen LogP contribution in [0, 0.1) is 0 Å². The summed E-state index contributed by atoms with van der Waals surface area (Å²) in [4.78, 5) is 12.0. The Balaban J connectivity index is 1.75. The van der Waals surface area contributed by atoms with E-state index in [1.807, 2.05) is 26.0 Å². The number of hydrogen-bond donors (Lipinski definition) is 2. The largest absolute Gasteiger partial charge is 0.508 e. The summed E-state index contributed by atoms with van der Waals surface area (Å²) in [6.45, 7) is 4.47. The molecule has 0 saturated heterocycles. The Labute approximate surface area is 146 Å². The Morgan fingerprint density at radius 2 is 2.16 bits per heavy atom. The molecule has 0 aromatic heterocycles. The second-order valence-corrected chi connectivity index (χ2v) is 5.81. The molecule has 0 aliphatic carbocycles. The van der Waals surface area contributed by atoms with Crippen molar-refractivity contribution >= 4 is 12.1 Å². The van der Waals surface area contributed by atoms with E-state index >= 15 is 0 Å². The minimum Gasteiger partial charge on any atom is -0.508 e. The number of hydrazone groups is 1. The van der Waals surface area contributed by atoms with Crippen molar-refractivity contribution in [3.8, 4) is 17.2 Å². The number of rotatable bonds is 5. The van der Waals surface area contributed by atoms with Crippen molar-refractivity contribution in [3.63, 3.8) is 0 Å². The summed E-state index contributed by atoms with van der Waals surface area (Å²) in [5.74, 6) is 1.28. The highest BCUT2D eigenvalue weighted by Crippen LogP contribution is 2.34. The molecule has 1 heterocycles. The molecule has 25 heavy (non-hydrogen) atoms. The second-order valence-electron chi connectivity index (χ2n) is 5.81. The van der Waals surface area contributed by atoms with Crippen LogP contribution in [-0.4, -0.2) is 29.9 Å². The van der Waals surface area contributed by atoms with Gasteiger partial charge in [-0.05, 0) is 50.2 Å². The number of phenolic OH excluding ortho intramolecular Hbond substituents is 1. The highest BCUT2D eigenvalue weighted by molar-refractivity contribution is 5.95. The summed E-state index contributed by atoms with van der Waals surface area (Å²) >= 11 is 0. The number of amides is 1. The van der Waals surface area contributed by atoms with Gasteiger partial charge < -0.3 is 14.6 Å². The molecule has 2 aromatic rings. The zero-order chi connectivity index (χ0) is 17.8. The average molecular weight is 340 g/mol. The number of nitrogens with zero attached hydrogens (tertiary/aromatic N) is 1. The number of aromatic hydroxyl groups is 1. The Kier molecular flexibility index (Phi) is 4.88. The van der Waals surface area contributed by atoms with E-state index in [4.69, 9.17) is 9.47 Å². The van der Waals surface area contributed by atoms with Gasteiger partial charge in [-0.1, -0.05) is 0 Å². The maximum Gasteiger partial charge on any atom is 0.271 e. The van der Waals surface area contributed by atoms with Crippen LogP contribution in [0.5, 0.6) is 17.2 Å². The summed E-state index contributed by atoms with van der Waals surface area (Å²) in [6.07, 6.45) is 2.53. The predicted molar refractivity (Wildman–Crippen MR) is 94.6 cm³/mol. The highest BCUT2D eigenvalue weighted by atomic mass is 16.5. The summed E-state index contributed by atoms with van der Waals surface area (Å²) in [5.41, 5.74) is 4.72. The van der Waals surface area contributed by atoms with E-state index in [1.54, 1.807) is 0 Å². The van der Waals surface area contributed by atoms with Gasteiger partial charge in [-0.2, -0.15) is 5.10 Å². The van der Waals surface area contributed by atoms with Gasteiger partial charge in [0.2, 0.25) is 0 Å². The quantitative estimate of drug-likeness (QED) is 0.648. The third kappa shape index (κ3) is 3.91. The first-order valence-corrected chi connectivity index (χ1v) is 8.15. The number of carbonyl (C=O) groups is 1. The molecule has 1 aliphatic rings. The summed E-state index contributed by atoms with van der Waals surface area (Å²) < 4.78 is 11.4. The molecular weight excluding hydrogens is 320 g/mol. The van der Waals surface area contributed by atoms with E-state index in [-0.39, 0.29) is 17.8 Å². The Bertz CT molecular complexity index is 800. The fraction of sp³-hybridized carbons (Fsp3) is 0.263. The van der Waals surface area contributed by atoms with Crippen molar-refractivity contribution in [2.24, 2.45) is 5.10 Å². The first-order chi connectivity index (χ1) is 12.1. The molecule has 2 aromatic carbocycles. The van der Waals surface area contributed by atoms with Crippen LogP contribution in [0.3, 0.4) is 0 Å². The Morgan fingerprint density at radius 1 is 1.40 bits per heavy atom. The topological polar surface area (TPSA) is 80.2 Å². The van der Waals surface area contributed by atoms with Crippen molar-refractivity contribution in [1.82, 2.24) is 5.43 Å². The van der Waals surface area contributed by atoms with Gasteiger partial charge >= 0.3 is 0 Å². The standard InChI is InChI=1S/C19H20N2O4/c1-3-24-17-9-14-8-12(2)25-18(14)10-15(17)11-20-21-19(23)13-4-6-16(22)7-5-13/h4-7,9-12,22H,3,8H2,1-2H3,(H,21,23)/b20-11-/t12-/m1/s1. The van der Waals surface area contributed by atoms with Gasteiger partial charge in [0, 0.05) is 23.1 Å². The molecule has 1 amide bonds. The third-order valence-corrected chi connectivity index (χ3v) is 3.83. The molecule has 1 atom stereocenters. The van der Waals surface area contributed by atoms with Gasteiger partial charge in [-0.3, -0.25) is 4.79 Å². The molecule has 6 heteroatoms. The molecule has 0 fully saturated rings. The Hall–Kier alpha value is -3.02. The molecule has 0 bridgehead atoms. The van der Waals surface area contributed by atoms with Crippen LogP contribution in [0.15, 0.2) is 41.5 Å². The lowest BCUT2D eigenvalue weighted by Gasteiger charge is -2.09. The van der Waals surface area contributed by atoms with Crippen molar-refractivity contribution in [3.05, 3.63) is 53.1 Å². The molecule has 0 saturated carbocycles. The van der Waals surface area contributed by atoms with Gasteiger partial charge in [0.1, 0.15) is 23.4 Å². The number of ether oxygens (including phenoxy) is 2. The van der Waals surface area contributed by atoms with E-state index in [0.29, 0.717) is 17.9 Å². The number of carbonyl (C=O) groups excluding carboxylic acids is 1. The van der Waals surface area contributed by atoms with E-state index in [0.717, 1.165) is 23.3 Å². The molecule has 0 spiro atoms. The molecule has 2 N–H and O–H groups in total. The van der Waals surface area contributed by atoms with Crippen LogP contribution in [-0.2, 0) is 6.42 Å². The zero-order valence-corrected chi connectivity index (χ0v) is 14.2. The lowest BCUT2D eigenvalue weighted by atomic mass is 10.1. The normalized spacial score (nSPS) is 15.7. The average Bonchev–Trinajstić information content (AvgIpc) is 2.94. The number of phenols is 1. The minimum absolute atomic E-state index is 0.105. The lowest BCUT2D eigenvalue weighted by Crippen LogP contribution is -2.17. The van der Waals surface area contributed by atoms with Crippen LogP contribution >= 0.6 is 0 Å².